The van der Waals surface area contributed by atoms with Crippen LogP contribution in [-0.4, -0.2) is 29.8 Å². The maximum Gasteiger partial charge on any atom is 0.304 e. The van der Waals surface area contributed by atoms with E-state index in [0.29, 0.717) is 24.7 Å². The van der Waals surface area contributed by atoms with E-state index in [0.717, 1.165) is 5.56 Å². The van der Waals surface area contributed by atoms with E-state index in [1.54, 1.807) is 0 Å². The molecule has 1 aliphatic heterocycles. The number of ether oxygens (including phenoxy) is 2. The fourth-order valence-corrected chi connectivity index (χ4v) is 2.26. The van der Waals surface area contributed by atoms with Crippen LogP contribution in [0.5, 0.6) is 11.5 Å². The third-order valence-corrected chi connectivity index (χ3v) is 3.25. The lowest BCUT2D eigenvalue weighted by molar-refractivity contribution is -0.137. The number of rotatable bonds is 4. The van der Waals surface area contributed by atoms with Crippen molar-refractivity contribution in [2.24, 2.45) is 5.73 Å². The molecule has 1 aromatic carbocycles. The minimum atomic E-state index is -0.863. The van der Waals surface area contributed by atoms with Crippen LogP contribution in [0.25, 0.3) is 0 Å². The fraction of sp³-hybridized carbons (Fsp3) is 0.500. The van der Waals surface area contributed by atoms with Gasteiger partial charge in [0.25, 0.3) is 0 Å². The zero-order valence-electron chi connectivity index (χ0n) is 11.2. The third-order valence-electron chi connectivity index (χ3n) is 3.25. The highest BCUT2D eigenvalue weighted by molar-refractivity contribution is 5.68. The first kappa shape index (κ1) is 13.7. The predicted octanol–water partition coefficient (Wildman–Crippen LogP) is 1.75. The van der Waals surface area contributed by atoms with Crippen LogP contribution in [0.3, 0.4) is 0 Å². The van der Waals surface area contributed by atoms with E-state index in [1.807, 2.05) is 32.0 Å². The summed E-state index contributed by atoms with van der Waals surface area (Å²) < 4.78 is 11.0. The summed E-state index contributed by atoms with van der Waals surface area (Å²) in [5, 5.41) is 9.04. The molecule has 0 fully saturated rings. The van der Waals surface area contributed by atoms with Gasteiger partial charge in [-0.15, -0.1) is 0 Å². The molecular weight excluding hydrogens is 246 g/mol. The molecule has 0 aromatic heterocycles. The summed E-state index contributed by atoms with van der Waals surface area (Å²) in [6, 6.07) is 5.50. The van der Waals surface area contributed by atoms with Gasteiger partial charge in [-0.2, -0.15) is 0 Å². The van der Waals surface area contributed by atoms with Crippen molar-refractivity contribution in [2.45, 2.75) is 31.7 Å². The van der Waals surface area contributed by atoms with Gasteiger partial charge in [-0.1, -0.05) is 6.07 Å². The molecule has 1 heterocycles. The van der Waals surface area contributed by atoms with Gasteiger partial charge < -0.3 is 20.3 Å². The van der Waals surface area contributed by atoms with Crippen molar-refractivity contribution in [1.82, 2.24) is 0 Å². The molecule has 1 aromatic rings. The van der Waals surface area contributed by atoms with Crippen LogP contribution in [0.4, 0.5) is 0 Å². The Morgan fingerprint density at radius 1 is 1.37 bits per heavy atom. The summed E-state index contributed by atoms with van der Waals surface area (Å²) >= 11 is 0. The molecule has 1 atom stereocenters. The number of benzene rings is 1. The van der Waals surface area contributed by atoms with Crippen LogP contribution in [-0.2, 0) is 4.79 Å². The number of carboxylic acids is 1. The molecule has 19 heavy (non-hydrogen) atoms. The molecule has 0 saturated carbocycles. The summed E-state index contributed by atoms with van der Waals surface area (Å²) in [5.74, 6) is 0.210. The highest BCUT2D eigenvalue weighted by Crippen LogP contribution is 2.37. The summed E-state index contributed by atoms with van der Waals surface area (Å²) in [6.07, 6.45) is -0.0108. The number of aliphatic carboxylic acids is 1. The zero-order chi connectivity index (χ0) is 14.0. The number of carbonyl (C=O) groups is 1. The van der Waals surface area contributed by atoms with E-state index in [2.05, 4.69) is 0 Å². The van der Waals surface area contributed by atoms with Crippen molar-refractivity contribution in [1.29, 1.82) is 0 Å². The third kappa shape index (κ3) is 3.17. The maximum atomic E-state index is 11.0. The first-order chi connectivity index (χ1) is 8.88. The van der Waals surface area contributed by atoms with E-state index in [4.69, 9.17) is 20.3 Å². The standard InChI is InChI=1S/C14H19NO4/c1-14(2,15)10(8-13(16)17)9-3-4-11-12(7-9)19-6-5-18-11/h3-4,7,10H,5-6,8,15H2,1-2H3,(H,16,17). The Morgan fingerprint density at radius 2 is 2.00 bits per heavy atom. The second-order valence-electron chi connectivity index (χ2n) is 5.37. The Balaban J connectivity index is 2.34. The SMILES string of the molecule is CC(C)(N)C(CC(=O)O)c1ccc2c(c1)OCCO2. The lowest BCUT2D eigenvalue weighted by Gasteiger charge is -2.30. The molecule has 5 nitrogen and oxygen atoms in total. The van der Waals surface area contributed by atoms with Gasteiger partial charge in [0.1, 0.15) is 13.2 Å². The second kappa shape index (κ2) is 5.09. The Bertz CT molecular complexity index is 479. The Hall–Kier alpha value is -1.75. The molecule has 0 aliphatic carbocycles. The van der Waals surface area contributed by atoms with Crippen LogP contribution < -0.4 is 15.2 Å². The Labute approximate surface area is 112 Å². The van der Waals surface area contributed by atoms with E-state index in [-0.39, 0.29) is 12.3 Å². The highest BCUT2D eigenvalue weighted by Gasteiger charge is 2.30. The quantitative estimate of drug-likeness (QED) is 0.866. The zero-order valence-corrected chi connectivity index (χ0v) is 11.2. The summed E-state index contributed by atoms with van der Waals surface area (Å²) in [7, 11) is 0. The average molecular weight is 265 g/mol. The highest BCUT2D eigenvalue weighted by atomic mass is 16.6. The number of hydrogen-bond donors (Lipinski definition) is 2. The average Bonchev–Trinajstić information content (AvgIpc) is 2.34. The van der Waals surface area contributed by atoms with Gasteiger partial charge in [0.05, 0.1) is 6.42 Å². The molecule has 1 unspecified atom stereocenters. The maximum absolute atomic E-state index is 11.0. The Kier molecular flexibility index (Phi) is 3.66. The van der Waals surface area contributed by atoms with Crippen LogP contribution in [0, 0.1) is 0 Å². The molecule has 0 spiro atoms. The molecule has 5 heteroatoms. The molecule has 2 rings (SSSR count). The van der Waals surface area contributed by atoms with Gasteiger partial charge in [-0.25, -0.2) is 0 Å². The summed E-state index contributed by atoms with van der Waals surface area (Å²) in [6.45, 7) is 4.70. The largest absolute Gasteiger partial charge is 0.486 e. The van der Waals surface area contributed by atoms with Crippen LogP contribution >= 0.6 is 0 Å². The molecule has 0 radical (unpaired) electrons. The molecule has 0 bridgehead atoms. The van der Waals surface area contributed by atoms with Gasteiger partial charge in [-0.3, -0.25) is 4.79 Å². The topological polar surface area (TPSA) is 81.8 Å². The normalized spacial score (nSPS) is 15.9. The number of carboxylic acid groups (broad SMARTS) is 1. The van der Waals surface area contributed by atoms with E-state index in [9.17, 15) is 4.79 Å². The molecule has 1 aliphatic rings. The number of hydrogen-bond acceptors (Lipinski definition) is 4. The number of nitrogens with two attached hydrogens (primary N) is 1. The van der Waals surface area contributed by atoms with Crippen LogP contribution in [0.15, 0.2) is 18.2 Å². The van der Waals surface area contributed by atoms with Crippen molar-refractivity contribution in [3.05, 3.63) is 23.8 Å². The Morgan fingerprint density at radius 3 is 2.58 bits per heavy atom. The van der Waals surface area contributed by atoms with Gasteiger partial charge >= 0.3 is 5.97 Å². The van der Waals surface area contributed by atoms with Crippen LogP contribution in [0.1, 0.15) is 31.7 Å². The summed E-state index contributed by atoms with van der Waals surface area (Å²) in [5.41, 5.74) is 6.34. The lowest BCUT2D eigenvalue weighted by atomic mass is 9.80. The smallest absolute Gasteiger partial charge is 0.304 e. The van der Waals surface area contributed by atoms with E-state index < -0.39 is 11.5 Å². The van der Waals surface area contributed by atoms with Gasteiger partial charge in [-0.05, 0) is 31.5 Å². The predicted molar refractivity (Wildman–Crippen MR) is 70.7 cm³/mol. The molecule has 104 valence electrons. The van der Waals surface area contributed by atoms with Gasteiger partial charge in [0, 0.05) is 11.5 Å². The lowest BCUT2D eigenvalue weighted by Crippen LogP contribution is -2.40. The second-order valence-corrected chi connectivity index (χ2v) is 5.37. The summed E-state index contributed by atoms with van der Waals surface area (Å²) in [4.78, 5) is 11.0. The van der Waals surface area contributed by atoms with Crippen molar-refractivity contribution < 1.29 is 19.4 Å². The molecular formula is C14H19NO4. The van der Waals surface area contributed by atoms with E-state index >= 15 is 0 Å². The van der Waals surface area contributed by atoms with Gasteiger partial charge in [0.15, 0.2) is 11.5 Å². The van der Waals surface area contributed by atoms with Crippen molar-refractivity contribution in [3.8, 4) is 11.5 Å². The molecule has 0 amide bonds. The monoisotopic (exact) mass is 265 g/mol. The minimum Gasteiger partial charge on any atom is -0.486 e. The molecule has 0 saturated heterocycles. The molecule has 3 N–H and O–H groups in total. The fourth-order valence-electron chi connectivity index (χ4n) is 2.26. The van der Waals surface area contributed by atoms with Crippen LogP contribution in [0.2, 0.25) is 0 Å². The minimum absolute atomic E-state index is 0.0108. The van der Waals surface area contributed by atoms with Gasteiger partial charge in [0.2, 0.25) is 0 Å². The first-order valence-electron chi connectivity index (χ1n) is 6.28. The van der Waals surface area contributed by atoms with E-state index in [1.165, 1.54) is 0 Å². The van der Waals surface area contributed by atoms with Crippen molar-refractivity contribution >= 4 is 5.97 Å². The van der Waals surface area contributed by atoms with Crippen molar-refractivity contribution in [3.63, 3.8) is 0 Å². The van der Waals surface area contributed by atoms with Crippen molar-refractivity contribution in [2.75, 3.05) is 13.2 Å². The first-order valence-corrected chi connectivity index (χ1v) is 6.28. The number of fused-ring (bicyclic) bond motifs is 1.